The van der Waals surface area contributed by atoms with Crippen molar-refractivity contribution >= 4 is 35.0 Å². The first kappa shape index (κ1) is 16.6. The average molecular weight is 341 g/mol. The number of nitrogens with zero attached hydrogens (tertiary/aromatic N) is 1. The highest BCUT2D eigenvalue weighted by atomic mass is 35.5. The molecule has 1 aromatic carbocycles. The van der Waals surface area contributed by atoms with Gasteiger partial charge in [-0.15, -0.1) is 0 Å². The van der Waals surface area contributed by atoms with Gasteiger partial charge in [-0.2, -0.15) is 0 Å². The van der Waals surface area contributed by atoms with Gasteiger partial charge in [0.1, 0.15) is 5.03 Å². The molecular weight excluding hydrogens is 323 g/mol. The zero-order valence-corrected chi connectivity index (χ0v) is 14.6. The van der Waals surface area contributed by atoms with Gasteiger partial charge in [0.15, 0.2) is 0 Å². The summed E-state index contributed by atoms with van der Waals surface area (Å²) in [4.78, 5) is 5.43. The molecule has 0 bridgehead atoms. The molecule has 0 aliphatic carbocycles. The van der Waals surface area contributed by atoms with Gasteiger partial charge < -0.3 is 5.32 Å². The van der Waals surface area contributed by atoms with Crippen molar-refractivity contribution in [2.24, 2.45) is 0 Å². The molecule has 0 unspecified atom stereocenters. The Morgan fingerprint density at radius 1 is 1.10 bits per heavy atom. The van der Waals surface area contributed by atoms with Crippen LogP contribution < -0.4 is 5.32 Å². The number of nitrogens with one attached hydrogen (secondary N) is 1. The topological polar surface area (TPSA) is 24.9 Å². The Balaban J connectivity index is 2.20. The maximum atomic E-state index is 6.12. The van der Waals surface area contributed by atoms with Gasteiger partial charge in [0.2, 0.25) is 0 Å². The Morgan fingerprint density at radius 2 is 1.81 bits per heavy atom. The van der Waals surface area contributed by atoms with Crippen LogP contribution in [0.5, 0.6) is 0 Å². The summed E-state index contributed by atoms with van der Waals surface area (Å²) < 4.78 is 0. The number of hydrogen-bond acceptors (Lipinski definition) is 3. The maximum absolute atomic E-state index is 6.12. The molecule has 2 rings (SSSR count). The van der Waals surface area contributed by atoms with E-state index in [1.807, 2.05) is 24.3 Å². The summed E-state index contributed by atoms with van der Waals surface area (Å²) in [5, 5.41) is 5.76. The molecule has 1 heterocycles. The second-order valence-corrected chi connectivity index (χ2v) is 7.71. The highest BCUT2D eigenvalue weighted by molar-refractivity contribution is 7.99. The molecule has 2 aromatic rings. The van der Waals surface area contributed by atoms with Crippen LogP contribution in [0, 0.1) is 0 Å². The minimum absolute atomic E-state index is 0.0695. The van der Waals surface area contributed by atoms with E-state index in [0.717, 1.165) is 21.5 Å². The zero-order valence-electron chi connectivity index (χ0n) is 12.3. The minimum Gasteiger partial charge on any atom is -0.308 e. The second-order valence-electron chi connectivity index (χ2n) is 5.77. The molecule has 1 N–H and O–H groups in total. The lowest BCUT2D eigenvalue weighted by molar-refractivity contribution is 0.422. The number of aromatic nitrogens is 1. The molecule has 0 spiro atoms. The summed E-state index contributed by atoms with van der Waals surface area (Å²) in [6.07, 6.45) is 1.65. The summed E-state index contributed by atoms with van der Waals surface area (Å²) in [5.41, 5.74) is 1.27. The summed E-state index contributed by atoms with van der Waals surface area (Å²) in [7, 11) is 0. The lowest BCUT2D eigenvalue weighted by Gasteiger charge is -2.21. The lowest BCUT2D eigenvalue weighted by atomic mass is 10.1. The van der Waals surface area contributed by atoms with E-state index >= 15 is 0 Å². The summed E-state index contributed by atoms with van der Waals surface area (Å²) in [6, 6.07) is 9.70. The van der Waals surface area contributed by atoms with Crippen LogP contribution in [-0.2, 0) is 6.54 Å². The molecule has 0 aliphatic heterocycles. The second kappa shape index (κ2) is 7.01. The van der Waals surface area contributed by atoms with E-state index in [-0.39, 0.29) is 5.54 Å². The third-order valence-electron chi connectivity index (χ3n) is 2.75. The first-order valence-corrected chi connectivity index (χ1v) is 8.23. The number of halogens is 2. The van der Waals surface area contributed by atoms with Gasteiger partial charge in [0.05, 0.1) is 5.02 Å². The molecule has 0 saturated heterocycles. The Kier molecular flexibility index (Phi) is 5.55. The molecule has 1 aromatic heterocycles. The fourth-order valence-electron chi connectivity index (χ4n) is 1.67. The Labute approximate surface area is 140 Å². The van der Waals surface area contributed by atoms with Gasteiger partial charge in [0.25, 0.3) is 0 Å². The van der Waals surface area contributed by atoms with E-state index < -0.39 is 0 Å². The lowest BCUT2D eigenvalue weighted by Crippen LogP contribution is -2.35. The van der Waals surface area contributed by atoms with Crippen molar-refractivity contribution in [3.05, 3.63) is 52.1 Å². The zero-order chi connectivity index (χ0) is 15.5. The molecule has 2 nitrogen and oxygen atoms in total. The first-order chi connectivity index (χ1) is 9.83. The van der Waals surface area contributed by atoms with Crippen molar-refractivity contribution in [2.75, 3.05) is 0 Å². The molecule has 21 heavy (non-hydrogen) atoms. The van der Waals surface area contributed by atoms with Crippen molar-refractivity contribution in [2.45, 2.75) is 42.8 Å². The van der Waals surface area contributed by atoms with Crippen LogP contribution >= 0.6 is 35.0 Å². The highest BCUT2D eigenvalue weighted by Crippen LogP contribution is 2.32. The first-order valence-electron chi connectivity index (χ1n) is 6.66. The third kappa shape index (κ3) is 5.51. The molecule has 5 heteroatoms. The van der Waals surface area contributed by atoms with E-state index in [9.17, 15) is 0 Å². The third-order valence-corrected chi connectivity index (χ3v) is 4.26. The standard InChI is InChI=1S/C16H18Cl2N2S/c1-16(2,3)20-9-11-4-5-12(17)8-14(11)21-15-7-6-13(18)10-19-15/h4-8,10,20H,9H2,1-3H3. The van der Waals surface area contributed by atoms with Crippen LogP contribution in [0.25, 0.3) is 0 Å². The van der Waals surface area contributed by atoms with Gasteiger partial charge in [-0.3, -0.25) is 0 Å². The highest BCUT2D eigenvalue weighted by Gasteiger charge is 2.12. The van der Waals surface area contributed by atoms with Gasteiger partial charge in [-0.25, -0.2) is 4.98 Å². The van der Waals surface area contributed by atoms with Crippen molar-refractivity contribution in [1.82, 2.24) is 10.3 Å². The average Bonchev–Trinajstić information content (AvgIpc) is 2.39. The van der Waals surface area contributed by atoms with Crippen LogP contribution in [0.2, 0.25) is 10.0 Å². The quantitative estimate of drug-likeness (QED) is 0.803. The van der Waals surface area contributed by atoms with E-state index in [1.165, 1.54) is 5.56 Å². The fraction of sp³-hybridized carbons (Fsp3) is 0.312. The van der Waals surface area contributed by atoms with Gasteiger partial charge in [-0.1, -0.05) is 41.0 Å². The number of pyridine rings is 1. The van der Waals surface area contributed by atoms with E-state index in [1.54, 1.807) is 18.0 Å². The summed E-state index contributed by atoms with van der Waals surface area (Å²) in [6.45, 7) is 7.24. The van der Waals surface area contributed by atoms with E-state index in [0.29, 0.717) is 5.02 Å². The van der Waals surface area contributed by atoms with Gasteiger partial charge >= 0.3 is 0 Å². The molecule has 0 saturated carbocycles. The molecule has 0 amide bonds. The predicted molar refractivity (Wildman–Crippen MR) is 91.4 cm³/mol. The van der Waals surface area contributed by atoms with E-state index in [2.05, 4.69) is 37.1 Å². The van der Waals surface area contributed by atoms with Crippen molar-refractivity contribution in [3.8, 4) is 0 Å². The number of hydrogen-bond donors (Lipinski definition) is 1. The Morgan fingerprint density at radius 3 is 2.43 bits per heavy atom. The molecule has 0 atom stereocenters. The van der Waals surface area contributed by atoms with Crippen molar-refractivity contribution < 1.29 is 0 Å². The maximum Gasteiger partial charge on any atom is 0.101 e. The molecule has 0 radical (unpaired) electrons. The van der Waals surface area contributed by atoms with Crippen molar-refractivity contribution in [3.63, 3.8) is 0 Å². The van der Waals surface area contributed by atoms with Crippen LogP contribution in [0.4, 0.5) is 0 Å². The number of benzene rings is 1. The monoisotopic (exact) mass is 340 g/mol. The molecule has 0 aliphatic rings. The van der Waals surface area contributed by atoms with Crippen LogP contribution in [0.1, 0.15) is 26.3 Å². The van der Waals surface area contributed by atoms with Gasteiger partial charge in [0, 0.05) is 28.2 Å². The Bertz CT molecular complexity index is 607. The number of rotatable bonds is 4. The predicted octanol–water partition coefficient (Wildman–Crippen LogP) is 5.43. The Hall–Kier alpha value is -0.740. The van der Waals surface area contributed by atoms with Crippen molar-refractivity contribution in [1.29, 1.82) is 0 Å². The summed E-state index contributed by atoms with van der Waals surface area (Å²) >= 11 is 13.6. The fourth-order valence-corrected chi connectivity index (χ4v) is 2.94. The van der Waals surface area contributed by atoms with Crippen LogP contribution in [0.3, 0.4) is 0 Å². The largest absolute Gasteiger partial charge is 0.308 e. The van der Waals surface area contributed by atoms with Crippen LogP contribution in [-0.4, -0.2) is 10.5 Å². The molecule has 0 fully saturated rings. The van der Waals surface area contributed by atoms with Crippen LogP contribution in [0.15, 0.2) is 46.5 Å². The smallest absolute Gasteiger partial charge is 0.101 e. The van der Waals surface area contributed by atoms with E-state index in [4.69, 9.17) is 23.2 Å². The SMILES string of the molecule is CC(C)(C)NCc1ccc(Cl)cc1Sc1ccc(Cl)cn1. The van der Waals surface area contributed by atoms with Gasteiger partial charge in [-0.05, 0) is 50.6 Å². The minimum atomic E-state index is 0.0695. The normalized spacial score (nSPS) is 11.7. The summed E-state index contributed by atoms with van der Waals surface area (Å²) in [5.74, 6) is 0. The molecule has 112 valence electrons. The molecular formula is C16H18Cl2N2S.